The molecule has 2 aromatic carbocycles. The summed E-state index contributed by atoms with van der Waals surface area (Å²) < 4.78 is 6.16. The summed E-state index contributed by atoms with van der Waals surface area (Å²) in [5.74, 6) is -0.199. The van der Waals surface area contributed by atoms with E-state index in [9.17, 15) is 9.59 Å². The fraction of sp³-hybridized carbons (Fsp3) is 0.333. The van der Waals surface area contributed by atoms with Crippen LogP contribution in [0.1, 0.15) is 42.9 Å². The molecule has 1 atom stereocenters. The topological polar surface area (TPSA) is 67.4 Å². The first-order valence-corrected chi connectivity index (χ1v) is 9.13. The van der Waals surface area contributed by atoms with Crippen LogP contribution in [0.3, 0.4) is 0 Å². The number of anilines is 2. The van der Waals surface area contributed by atoms with E-state index in [1.807, 2.05) is 42.5 Å². The maximum Gasteiger partial charge on any atom is 0.258 e. The highest BCUT2D eigenvalue weighted by atomic mass is 16.5. The predicted octanol–water partition coefficient (Wildman–Crippen LogP) is 3.82. The van der Waals surface area contributed by atoms with Crippen molar-refractivity contribution in [2.75, 3.05) is 10.6 Å². The van der Waals surface area contributed by atoms with E-state index in [0.717, 1.165) is 42.5 Å². The van der Waals surface area contributed by atoms with Crippen molar-refractivity contribution < 1.29 is 14.3 Å². The highest BCUT2D eigenvalue weighted by molar-refractivity contribution is 6.00. The minimum absolute atomic E-state index is 0.0183. The minimum Gasteiger partial charge on any atom is -0.360 e. The zero-order valence-corrected chi connectivity index (χ0v) is 14.5. The molecule has 5 heteroatoms. The van der Waals surface area contributed by atoms with Crippen LogP contribution in [0.15, 0.2) is 48.5 Å². The molecule has 2 N–H and O–H groups in total. The second-order valence-corrected chi connectivity index (χ2v) is 6.92. The molecule has 1 fully saturated rings. The third-order valence-electron chi connectivity index (χ3n) is 4.97. The van der Waals surface area contributed by atoms with Gasteiger partial charge in [0.1, 0.15) is 0 Å². The van der Waals surface area contributed by atoms with Gasteiger partial charge >= 0.3 is 0 Å². The number of rotatable bonds is 5. The zero-order chi connectivity index (χ0) is 17.9. The molecule has 0 spiro atoms. The summed E-state index contributed by atoms with van der Waals surface area (Å²) in [6.45, 7) is 0. The second kappa shape index (κ2) is 7.30. The van der Waals surface area contributed by atoms with Gasteiger partial charge in [-0.05, 0) is 42.2 Å². The lowest BCUT2D eigenvalue weighted by Gasteiger charge is -2.22. The molecule has 0 aromatic heterocycles. The number of amides is 2. The fourth-order valence-corrected chi connectivity index (χ4v) is 3.65. The maximum atomic E-state index is 12.9. The van der Waals surface area contributed by atoms with Gasteiger partial charge in [0.15, 0.2) is 6.10 Å². The lowest BCUT2D eigenvalue weighted by Crippen LogP contribution is -2.26. The van der Waals surface area contributed by atoms with E-state index in [1.54, 1.807) is 6.07 Å². The van der Waals surface area contributed by atoms with Crippen LogP contribution in [0.2, 0.25) is 0 Å². The highest BCUT2D eigenvalue weighted by Gasteiger charge is 2.27. The number of ether oxygens (including phenoxy) is 1. The average molecular weight is 350 g/mol. The molecule has 4 rings (SSSR count). The molecule has 134 valence electrons. The smallest absolute Gasteiger partial charge is 0.258 e. The van der Waals surface area contributed by atoms with Crippen LogP contribution < -0.4 is 10.6 Å². The number of benzene rings is 2. The van der Waals surface area contributed by atoms with Crippen molar-refractivity contribution in [3.63, 3.8) is 0 Å². The van der Waals surface area contributed by atoms with Crippen molar-refractivity contribution in [3.05, 3.63) is 59.7 Å². The van der Waals surface area contributed by atoms with Crippen LogP contribution in [0.5, 0.6) is 0 Å². The van der Waals surface area contributed by atoms with Crippen LogP contribution in [-0.4, -0.2) is 17.9 Å². The van der Waals surface area contributed by atoms with E-state index in [0.29, 0.717) is 12.1 Å². The lowest BCUT2D eigenvalue weighted by atomic mass is 10.1. The van der Waals surface area contributed by atoms with Gasteiger partial charge in [-0.1, -0.05) is 43.2 Å². The number of nitrogens with one attached hydrogen (secondary N) is 2. The van der Waals surface area contributed by atoms with Crippen LogP contribution >= 0.6 is 0 Å². The summed E-state index contributed by atoms with van der Waals surface area (Å²) in [7, 11) is 0. The first-order valence-electron chi connectivity index (χ1n) is 9.13. The average Bonchev–Trinajstić information content (AvgIpc) is 3.28. The molecule has 0 bridgehead atoms. The highest BCUT2D eigenvalue weighted by Crippen LogP contribution is 2.30. The SMILES string of the molecule is O=C1Cc2cc(NC(=O)[C@H](OC3CCCC3)c3ccccc3)ccc2N1. The minimum atomic E-state index is -0.632. The Balaban J connectivity index is 1.52. The van der Waals surface area contributed by atoms with Crippen molar-refractivity contribution >= 4 is 23.2 Å². The number of hydrogen-bond acceptors (Lipinski definition) is 3. The lowest BCUT2D eigenvalue weighted by molar-refractivity contribution is -0.131. The molecule has 1 heterocycles. The van der Waals surface area contributed by atoms with Gasteiger partial charge in [-0.15, -0.1) is 0 Å². The monoisotopic (exact) mass is 350 g/mol. The molecule has 2 amide bonds. The third-order valence-corrected chi connectivity index (χ3v) is 4.97. The van der Waals surface area contributed by atoms with Crippen molar-refractivity contribution in [2.24, 2.45) is 0 Å². The summed E-state index contributed by atoms with van der Waals surface area (Å²) >= 11 is 0. The van der Waals surface area contributed by atoms with Gasteiger partial charge in [-0.25, -0.2) is 0 Å². The number of fused-ring (bicyclic) bond motifs is 1. The van der Waals surface area contributed by atoms with Crippen LogP contribution in [0, 0.1) is 0 Å². The van der Waals surface area contributed by atoms with Crippen molar-refractivity contribution in [1.29, 1.82) is 0 Å². The quantitative estimate of drug-likeness (QED) is 0.861. The van der Waals surface area contributed by atoms with Crippen molar-refractivity contribution in [1.82, 2.24) is 0 Å². The van der Waals surface area contributed by atoms with Crippen LogP contribution in [0.4, 0.5) is 11.4 Å². The summed E-state index contributed by atoms with van der Waals surface area (Å²) in [4.78, 5) is 24.4. The van der Waals surface area contributed by atoms with E-state index in [1.165, 1.54) is 0 Å². The van der Waals surface area contributed by atoms with Gasteiger partial charge < -0.3 is 15.4 Å². The summed E-state index contributed by atoms with van der Waals surface area (Å²) in [5.41, 5.74) is 3.26. The molecule has 0 unspecified atom stereocenters. The molecular formula is C21H22N2O3. The molecule has 1 saturated carbocycles. The summed E-state index contributed by atoms with van der Waals surface area (Å²) in [6, 6.07) is 15.1. The molecule has 1 aliphatic carbocycles. The maximum absolute atomic E-state index is 12.9. The Bertz CT molecular complexity index is 813. The number of hydrogen-bond donors (Lipinski definition) is 2. The van der Waals surface area contributed by atoms with E-state index < -0.39 is 6.10 Å². The molecule has 26 heavy (non-hydrogen) atoms. The van der Waals surface area contributed by atoms with Crippen LogP contribution in [-0.2, 0) is 20.7 Å². The Labute approximate surface area is 152 Å². The molecule has 0 radical (unpaired) electrons. The molecule has 5 nitrogen and oxygen atoms in total. The Morgan fingerprint density at radius 3 is 2.65 bits per heavy atom. The normalized spacial score (nSPS) is 17.6. The Hall–Kier alpha value is -2.66. The van der Waals surface area contributed by atoms with Gasteiger partial charge in [0.2, 0.25) is 5.91 Å². The third kappa shape index (κ3) is 3.63. The van der Waals surface area contributed by atoms with E-state index >= 15 is 0 Å². The molecule has 2 aliphatic rings. The van der Waals surface area contributed by atoms with E-state index in [2.05, 4.69) is 10.6 Å². The van der Waals surface area contributed by atoms with Gasteiger partial charge in [0, 0.05) is 11.4 Å². The van der Waals surface area contributed by atoms with Gasteiger partial charge in [0.25, 0.3) is 5.91 Å². The zero-order valence-electron chi connectivity index (χ0n) is 14.5. The molecule has 0 saturated heterocycles. The molecular weight excluding hydrogens is 328 g/mol. The molecule has 1 aliphatic heterocycles. The Morgan fingerprint density at radius 2 is 1.88 bits per heavy atom. The number of carbonyl (C=O) groups excluding carboxylic acids is 2. The van der Waals surface area contributed by atoms with Gasteiger partial charge in [0.05, 0.1) is 12.5 Å². The van der Waals surface area contributed by atoms with Gasteiger partial charge in [-0.2, -0.15) is 0 Å². The standard InChI is InChI=1S/C21H22N2O3/c24-19-13-15-12-16(10-11-18(15)23-19)22-21(25)20(14-6-2-1-3-7-14)26-17-8-4-5-9-17/h1-3,6-7,10-12,17,20H,4-5,8-9,13H2,(H,22,25)(H,23,24)/t20-/m1/s1. The molecule has 2 aromatic rings. The largest absolute Gasteiger partial charge is 0.360 e. The fourth-order valence-electron chi connectivity index (χ4n) is 3.65. The van der Waals surface area contributed by atoms with Crippen LogP contribution in [0.25, 0.3) is 0 Å². The van der Waals surface area contributed by atoms with Crippen molar-refractivity contribution in [3.8, 4) is 0 Å². The summed E-state index contributed by atoms with van der Waals surface area (Å²) in [5, 5.41) is 5.75. The Morgan fingerprint density at radius 1 is 1.12 bits per heavy atom. The Kier molecular flexibility index (Phi) is 4.71. The van der Waals surface area contributed by atoms with Gasteiger partial charge in [-0.3, -0.25) is 9.59 Å². The summed E-state index contributed by atoms with van der Waals surface area (Å²) in [6.07, 6.45) is 4.16. The van der Waals surface area contributed by atoms with E-state index in [-0.39, 0.29) is 17.9 Å². The number of carbonyl (C=O) groups is 2. The first kappa shape index (κ1) is 16.8. The van der Waals surface area contributed by atoms with Crippen molar-refractivity contribution in [2.45, 2.75) is 44.3 Å². The second-order valence-electron chi connectivity index (χ2n) is 6.92. The predicted molar refractivity (Wildman–Crippen MR) is 99.9 cm³/mol. The van der Waals surface area contributed by atoms with E-state index in [4.69, 9.17) is 4.74 Å². The first-order chi connectivity index (χ1) is 12.7.